The first-order valence-corrected chi connectivity index (χ1v) is 6.84. The lowest BCUT2D eigenvalue weighted by Gasteiger charge is -2.15. The summed E-state index contributed by atoms with van der Waals surface area (Å²) < 4.78 is 0. The maximum atomic E-state index is 12.0. The van der Waals surface area contributed by atoms with E-state index < -0.39 is 5.97 Å². The van der Waals surface area contributed by atoms with Crippen molar-refractivity contribution in [2.45, 2.75) is 33.6 Å². The van der Waals surface area contributed by atoms with E-state index in [1.54, 1.807) is 6.07 Å². The molecule has 0 atom stereocenters. The number of amides is 2. The highest BCUT2D eigenvalue weighted by molar-refractivity contribution is 6.02. The van der Waals surface area contributed by atoms with Crippen molar-refractivity contribution in [3.05, 3.63) is 23.8 Å². The molecule has 6 heteroatoms. The van der Waals surface area contributed by atoms with Gasteiger partial charge in [0.25, 0.3) is 0 Å². The van der Waals surface area contributed by atoms with Crippen molar-refractivity contribution in [3.63, 3.8) is 0 Å². The summed E-state index contributed by atoms with van der Waals surface area (Å²) >= 11 is 0. The fourth-order valence-corrected chi connectivity index (χ4v) is 2.01. The molecule has 0 saturated heterocycles. The molecule has 0 saturated carbocycles. The molecule has 0 aromatic heterocycles. The van der Waals surface area contributed by atoms with Crippen LogP contribution in [0.4, 0.5) is 11.4 Å². The predicted octanol–water partition coefficient (Wildman–Crippen LogP) is 2.72. The van der Waals surface area contributed by atoms with E-state index >= 15 is 0 Å². The van der Waals surface area contributed by atoms with E-state index in [-0.39, 0.29) is 29.0 Å². The third-order valence-electron chi connectivity index (χ3n) is 3.18. The summed E-state index contributed by atoms with van der Waals surface area (Å²) in [6.45, 7) is 5.15. The Hall–Kier alpha value is -2.37. The van der Waals surface area contributed by atoms with Crippen molar-refractivity contribution >= 4 is 29.2 Å². The molecule has 1 aromatic carbocycles. The molecule has 0 heterocycles. The summed E-state index contributed by atoms with van der Waals surface area (Å²) in [4.78, 5) is 34.3. The van der Waals surface area contributed by atoms with Crippen LogP contribution in [-0.4, -0.2) is 22.9 Å². The minimum absolute atomic E-state index is 0.0550. The second kappa shape index (κ2) is 7.42. The smallest absolute Gasteiger partial charge is 0.337 e. The predicted molar refractivity (Wildman–Crippen MR) is 80.4 cm³/mol. The summed E-state index contributed by atoms with van der Waals surface area (Å²) in [5.74, 6) is -1.81. The van der Waals surface area contributed by atoms with E-state index in [0.717, 1.165) is 0 Å². The summed E-state index contributed by atoms with van der Waals surface area (Å²) in [6, 6.07) is 4.36. The molecule has 0 unspecified atom stereocenters. The lowest BCUT2D eigenvalue weighted by molar-refractivity contribution is -0.120. The Morgan fingerprint density at radius 1 is 1.14 bits per heavy atom. The molecule has 0 fully saturated rings. The van der Waals surface area contributed by atoms with Gasteiger partial charge in [0.15, 0.2) is 0 Å². The van der Waals surface area contributed by atoms with Gasteiger partial charge in [-0.3, -0.25) is 9.59 Å². The third-order valence-corrected chi connectivity index (χ3v) is 3.18. The van der Waals surface area contributed by atoms with Gasteiger partial charge in [-0.1, -0.05) is 13.8 Å². The molecular formula is C15H20N2O4. The Bertz CT molecular complexity index is 551. The van der Waals surface area contributed by atoms with Crippen LogP contribution in [0.2, 0.25) is 0 Å². The van der Waals surface area contributed by atoms with Gasteiger partial charge >= 0.3 is 5.97 Å². The molecule has 21 heavy (non-hydrogen) atoms. The van der Waals surface area contributed by atoms with E-state index in [0.29, 0.717) is 18.5 Å². The van der Waals surface area contributed by atoms with Crippen LogP contribution in [0.25, 0.3) is 0 Å². The molecule has 2 amide bonds. The topological polar surface area (TPSA) is 95.5 Å². The second-order valence-corrected chi connectivity index (χ2v) is 4.75. The normalized spacial score (nSPS) is 10.3. The molecule has 1 rings (SSSR count). The number of nitrogens with one attached hydrogen (secondary N) is 2. The highest BCUT2D eigenvalue weighted by atomic mass is 16.4. The van der Waals surface area contributed by atoms with Crippen molar-refractivity contribution in [2.24, 2.45) is 5.92 Å². The number of carbonyl (C=O) groups excluding carboxylic acids is 2. The maximum Gasteiger partial charge on any atom is 0.337 e. The fourth-order valence-electron chi connectivity index (χ4n) is 2.01. The van der Waals surface area contributed by atoms with Gasteiger partial charge in [-0.25, -0.2) is 4.79 Å². The number of anilines is 2. The average Bonchev–Trinajstić information content (AvgIpc) is 2.41. The van der Waals surface area contributed by atoms with Crippen LogP contribution in [0.15, 0.2) is 18.2 Å². The lowest BCUT2D eigenvalue weighted by atomic mass is 10.0. The second-order valence-electron chi connectivity index (χ2n) is 4.75. The van der Waals surface area contributed by atoms with Crippen LogP contribution < -0.4 is 10.6 Å². The van der Waals surface area contributed by atoms with Crippen LogP contribution in [0.3, 0.4) is 0 Å². The molecule has 114 valence electrons. The maximum absolute atomic E-state index is 12.0. The molecule has 0 aliphatic heterocycles. The minimum atomic E-state index is -1.16. The highest BCUT2D eigenvalue weighted by Crippen LogP contribution is 2.22. The van der Waals surface area contributed by atoms with Crippen molar-refractivity contribution in [3.8, 4) is 0 Å². The Morgan fingerprint density at radius 3 is 2.24 bits per heavy atom. The van der Waals surface area contributed by atoms with Crippen molar-refractivity contribution in [1.29, 1.82) is 0 Å². The van der Waals surface area contributed by atoms with E-state index in [2.05, 4.69) is 10.6 Å². The quantitative estimate of drug-likeness (QED) is 0.751. The van der Waals surface area contributed by atoms with Gasteiger partial charge in [-0.2, -0.15) is 0 Å². The molecule has 0 aliphatic rings. The summed E-state index contributed by atoms with van der Waals surface area (Å²) in [5, 5.41) is 14.4. The highest BCUT2D eigenvalue weighted by Gasteiger charge is 2.18. The molecule has 0 spiro atoms. The van der Waals surface area contributed by atoms with Crippen LogP contribution in [0.5, 0.6) is 0 Å². The first kappa shape index (κ1) is 16.7. The van der Waals surface area contributed by atoms with Crippen molar-refractivity contribution in [2.75, 3.05) is 10.6 Å². The molecule has 3 N–H and O–H groups in total. The van der Waals surface area contributed by atoms with Gasteiger partial charge in [0, 0.05) is 18.5 Å². The van der Waals surface area contributed by atoms with Crippen molar-refractivity contribution < 1.29 is 19.5 Å². The van der Waals surface area contributed by atoms with Crippen LogP contribution in [0.1, 0.15) is 44.0 Å². The van der Waals surface area contributed by atoms with E-state index in [1.165, 1.54) is 19.1 Å². The number of hydrogen-bond donors (Lipinski definition) is 3. The SMILES string of the molecule is CCC(CC)C(=O)Nc1ccc(NC(C)=O)cc1C(=O)O. The Morgan fingerprint density at radius 2 is 1.76 bits per heavy atom. The van der Waals surface area contributed by atoms with Gasteiger partial charge in [-0.05, 0) is 31.0 Å². The summed E-state index contributed by atoms with van der Waals surface area (Å²) in [7, 11) is 0. The van der Waals surface area contributed by atoms with Crippen LogP contribution in [0, 0.1) is 5.92 Å². The number of benzene rings is 1. The number of aromatic carboxylic acids is 1. The number of rotatable bonds is 6. The molecule has 6 nitrogen and oxygen atoms in total. The largest absolute Gasteiger partial charge is 0.478 e. The summed E-state index contributed by atoms with van der Waals surface area (Å²) in [6.07, 6.45) is 1.38. The van der Waals surface area contributed by atoms with Crippen LogP contribution in [-0.2, 0) is 9.59 Å². The molecular weight excluding hydrogens is 272 g/mol. The number of hydrogen-bond acceptors (Lipinski definition) is 3. The first-order chi connectivity index (χ1) is 9.88. The Kier molecular flexibility index (Phi) is 5.90. The van der Waals surface area contributed by atoms with Gasteiger partial charge in [0.1, 0.15) is 0 Å². The first-order valence-electron chi connectivity index (χ1n) is 6.84. The Balaban J connectivity index is 3.04. The lowest BCUT2D eigenvalue weighted by Crippen LogP contribution is -2.23. The Labute approximate surface area is 123 Å². The fraction of sp³-hybridized carbons (Fsp3) is 0.400. The summed E-state index contributed by atoms with van der Waals surface area (Å²) in [5.41, 5.74) is 0.550. The molecule has 1 aromatic rings. The average molecular weight is 292 g/mol. The zero-order valence-corrected chi connectivity index (χ0v) is 12.4. The number of carboxylic acid groups (broad SMARTS) is 1. The van der Waals surface area contributed by atoms with Gasteiger partial charge in [0.05, 0.1) is 11.3 Å². The zero-order chi connectivity index (χ0) is 16.0. The van der Waals surface area contributed by atoms with Crippen molar-refractivity contribution in [1.82, 2.24) is 0 Å². The number of carbonyl (C=O) groups is 3. The standard InChI is InChI=1S/C15H20N2O4/c1-4-10(5-2)14(19)17-13-7-6-11(16-9(3)18)8-12(13)15(20)21/h6-8,10H,4-5H2,1-3H3,(H,16,18)(H,17,19)(H,20,21). The molecule has 0 radical (unpaired) electrons. The van der Waals surface area contributed by atoms with Gasteiger partial charge < -0.3 is 15.7 Å². The minimum Gasteiger partial charge on any atom is -0.478 e. The monoisotopic (exact) mass is 292 g/mol. The van der Waals surface area contributed by atoms with E-state index in [1.807, 2.05) is 13.8 Å². The van der Waals surface area contributed by atoms with Gasteiger partial charge in [0.2, 0.25) is 11.8 Å². The van der Waals surface area contributed by atoms with Crippen LogP contribution >= 0.6 is 0 Å². The third kappa shape index (κ3) is 4.59. The molecule has 0 aliphatic carbocycles. The van der Waals surface area contributed by atoms with E-state index in [4.69, 9.17) is 0 Å². The molecule has 0 bridgehead atoms. The number of carboxylic acids is 1. The van der Waals surface area contributed by atoms with Gasteiger partial charge in [-0.15, -0.1) is 0 Å². The zero-order valence-electron chi connectivity index (χ0n) is 12.4. The van der Waals surface area contributed by atoms with E-state index in [9.17, 15) is 19.5 Å².